The molecule has 7 nitrogen and oxygen atoms in total. The van der Waals surface area contributed by atoms with Gasteiger partial charge >= 0.3 is 0 Å². The Morgan fingerprint density at radius 2 is 1.92 bits per heavy atom. The number of ether oxygens (including phenoxy) is 1. The number of hydrogen-bond acceptors (Lipinski definition) is 6. The van der Waals surface area contributed by atoms with Crippen molar-refractivity contribution in [3.05, 3.63) is 88.6 Å². The van der Waals surface area contributed by atoms with Gasteiger partial charge in [0.05, 0.1) is 12.4 Å². The van der Waals surface area contributed by atoms with Crippen molar-refractivity contribution in [2.45, 2.75) is 49.9 Å². The Balaban J connectivity index is 1.68. The van der Waals surface area contributed by atoms with E-state index < -0.39 is 44.8 Å². The van der Waals surface area contributed by atoms with Gasteiger partial charge in [-0.15, -0.1) is 0 Å². The molecule has 1 saturated carbocycles. The Hall–Kier alpha value is -3.53. The molecule has 1 aromatic heterocycles. The van der Waals surface area contributed by atoms with Gasteiger partial charge < -0.3 is 9.64 Å². The number of benzene rings is 2. The average Bonchev–Trinajstić information content (AvgIpc) is 3.70. The van der Waals surface area contributed by atoms with Gasteiger partial charge in [0.15, 0.2) is 0 Å². The lowest BCUT2D eigenvalue weighted by molar-refractivity contribution is -0.120. The third-order valence-corrected chi connectivity index (χ3v) is 8.78. The van der Waals surface area contributed by atoms with E-state index in [1.807, 2.05) is 25.1 Å². The van der Waals surface area contributed by atoms with Crippen LogP contribution >= 0.6 is 0 Å². The Bertz CT molecular complexity index is 1460. The van der Waals surface area contributed by atoms with E-state index in [9.17, 15) is 22.0 Å². The van der Waals surface area contributed by atoms with Gasteiger partial charge in [0.1, 0.15) is 17.7 Å². The molecule has 2 aliphatic rings. The molecule has 0 spiro atoms. The number of rotatable bonds is 8. The van der Waals surface area contributed by atoms with Crippen LogP contribution in [0.2, 0.25) is 0 Å². The summed E-state index contributed by atoms with van der Waals surface area (Å²) in [7, 11) is -2.39. The van der Waals surface area contributed by atoms with Crippen LogP contribution in [0.15, 0.2) is 54.7 Å². The van der Waals surface area contributed by atoms with Gasteiger partial charge in [-0.2, -0.15) is 0 Å². The van der Waals surface area contributed by atoms with Gasteiger partial charge in [0.2, 0.25) is 15.9 Å². The zero-order valence-electron chi connectivity index (χ0n) is 20.4. The highest BCUT2D eigenvalue weighted by atomic mass is 32.2. The number of aryl methyl sites for hydroxylation is 1. The van der Waals surface area contributed by atoms with Crippen molar-refractivity contribution < 1.29 is 26.7 Å². The molecule has 2 atom stereocenters. The minimum atomic E-state index is -3.86. The fourth-order valence-corrected chi connectivity index (χ4v) is 6.29. The lowest BCUT2D eigenvalue weighted by Crippen LogP contribution is -2.49. The standard InChI is InChI=1S/C27H27F2N3O4S/c1-3-16-6-11-23-21(13-16)24(20-5-4-12-30-27(20)36-2)25(26(33)31-37(34,35)19-8-9-19)32(23)15-17-14-18(28)7-10-22(17)29/h4-7,10-14,19,24-25H,3,8-9,15H2,1-2H3,(H,31,33). The van der Waals surface area contributed by atoms with Crippen LogP contribution in [0.1, 0.15) is 47.9 Å². The van der Waals surface area contributed by atoms with E-state index in [2.05, 4.69) is 9.71 Å². The zero-order valence-corrected chi connectivity index (χ0v) is 21.3. The highest BCUT2D eigenvalue weighted by Crippen LogP contribution is 2.48. The molecule has 1 aliphatic heterocycles. The maximum atomic E-state index is 14.8. The van der Waals surface area contributed by atoms with E-state index in [1.165, 1.54) is 7.11 Å². The summed E-state index contributed by atoms with van der Waals surface area (Å²) >= 11 is 0. The summed E-state index contributed by atoms with van der Waals surface area (Å²) in [6, 6.07) is 11.3. The summed E-state index contributed by atoms with van der Waals surface area (Å²) in [5.41, 5.74) is 3.03. The first-order chi connectivity index (χ1) is 17.7. The predicted molar refractivity (Wildman–Crippen MR) is 135 cm³/mol. The number of aromatic nitrogens is 1. The molecule has 0 saturated heterocycles. The van der Waals surface area contributed by atoms with Crippen molar-refractivity contribution >= 4 is 21.6 Å². The van der Waals surface area contributed by atoms with Crippen molar-refractivity contribution in [2.24, 2.45) is 0 Å². The number of fused-ring (bicyclic) bond motifs is 1. The summed E-state index contributed by atoms with van der Waals surface area (Å²) in [5.74, 6) is -2.35. The first-order valence-electron chi connectivity index (χ1n) is 12.1. The minimum Gasteiger partial charge on any atom is -0.481 e. The average molecular weight is 528 g/mol. The second kappa shape index (κ2) is 9.74. The summed E-state index contributed by atoms with van der Waals surface area (Å²) in [4.78, 5) is 19.7. The number of halogens is 2. The monoisotopic (exact) mass is 527 g/mol. The fourth-order valence-electron chi connectivity index (χ4n) is 4.97. The SMILES string of the molecule is CCc1ccc2c(c1)C(c1cccnc1OC)C(C(=O)NS(=O)(=O)C1CC1)N2Cc1cc(F)ccc1F. The zero-order chi connectivity index (χ0) is 26.3. The van der Waals surface area contributed by atoms with Crippen LogP contribution in [0.3, 0.4) is 0 Å². The Labute approximate surface area is 214 Å². The van der Waals surface area contributed by atoms with Crippen molar-refractivity contribution in [1.82, 2.24) is 9.71 Å². The minimum absolute atomic E-state index is 0.0483. The number of nitrogens with zero attached hydrogens (tertiary/aromatic N) is 2. The second-order valence-electron chi connectivity index (χ2n) is 9.35. The number of amides is 1. The van der Waals surface area contributed by atoms with Gasteiger partial charge in [-0.25, -0.2) is 22.2 Å². The Morgan fingerprint density at radius 1 is 1.14 bits per heavy atom. The number of carbonyl (C=O) groups excluding carboxylic acids is 1. The highest BCUT2D eigenvalue weighted by molar-refractivity contribution is 7.90. The molecule has 0 bridgehead atoms. The maximum absolute atomic E-state index is 14.8. The maximum Gasteiger partial charge on any atom is 0.257 e. The summed E-state index contributed by atoms with van der Waals surface area (Å²) in [6.07, 6.45) is 3.28. The molecular weight excluding hydrogens is 500 g/mol. The topological polar surface area (TPSA) is 88.6 Å². The lowest BCUT2D eigenvalue weighted by Gasteiger charge is -2.30. The lowest BCUT2D eigenvalue weighted by atomic mass is 9.87. The van der Waals surface area contributed by atoms with E-state index >= 15 is 0 Å². The number of methoxy groups -OCH3 is 1. The van der Waals surface area contributed by atoms with Crippen LogP contribution in [0.4, 0.5) is 14.5 Å². The van der Waals surface area contributed by atoms with Crippen LogP contribution < -0.4 is 14.4 Å². The number of hydrogen-bond donors (Lipinski definition) is 1. The number of nitrogens with one attached hydrogen (secondary N) is 1. The van der Waals surface area contributed by atoms with E-state index in [-0.39, 0.29) is 12.1 Å². The molecule has 5 rings (SSSR count). The summed E-state index contributed by atoms with van der Waals surface area (Å²) in [6.45, 7) is 1.85. The molecule has 1 amide bonds. The van der Waals surface area contributed by atoms with Crippen molar-refractivity contribution in [1.29, 1.82) is 0 Å². The predicted octanol–water partition coefficient (Wildman–Crippen LogP) is 4.06. The molecule has 1 fully saturated rings. The van der Waals surface area contributed by atoms with Gasteiger partial charge in [0.25, 0.3) is 5.91 Å². The van der Waals surface area contributed by atoms with E-state index in [4.69, 9.17) is 4.74 Å². The quantitative estimate of drug-likeness (QED) is 0.475. The van der Waals surface area contributed by atoms with Gasteiger partial charge in [-0.1, -0.05) is 25.1 Å². The smallest absolute Gasteiger partial charge is 0.257 e. The molecular formula is C27H27F2N3O4S. The van der Waals surface area contributed by atoms with Gasteiger partial charge in [-0.3, -0.25) is 9.52 Å². The third-order valence-electron chi connectivity index (χ3n) is 6.95. The molecule has 37 heavy (non-hydrogen) atoms. The number of carbonyl (C=O) groups is 1. The first-order valence-corrected chi connectivity index (χ1v) is 13.7. The summed E-state index contributed by atoms with van der Waals surface area (Å²) in [5, 5.41) is -0.604. The van der Waals surface area contributed by atoms with Crippen molar-refractivity contribution in [3.63, 3.8) is 0 Å². The molecule has 3 aromatic rings. The molecule has 1 aliphatic carbocycles. The molecule has 2 heterocycles. The fraction of sp³-hybridized carbons (Fsp3) is 0.333. The second-order valence-corrected chi connectivity index (χ2v) is 11.3. The van der Waals surface area contributed by atoms with Gasteiger partial charge in [0, 0.05) is 35.5 Å². The van der Waals surface area contributed by atoms with Crippen LogP contribution in [0.5, 0.6) is 5.88 Å². The molecule has 0 radical (unpaired) electrons. The molecule has 1 N–H and O–H groups in total. The molecule has 2 unspecified atom stereocenters. The largest absolute Gasteiger partial charge is 0.481 e. The number of pyridine rings is 1. The van der Waals surface area contributed by atoms with Gasteiger partial charge in [-0.05, 0) is 60.7 Å². The normalized spacial score (nSPS) is 19.0. The van der Waals surface area contributed by atoms with Crippen LogP contribution in [0.25, 0.3) is 0 Å². The van der Waals surface area contributed by atoms with Crippen LogP contribution in [0, 0.1) is 11.6 Å². The van der Waals surface area contributed by atoms with Crippen molar-refractivity contribution in [2.75, 3.05) is 12.0 Å². The van der Waals surface area contributed by atoms with E-state index in [0.29, 0.717) is 30.0 Å². The molecule has 194 valence electrons. The number of anilines is 1. The van der Waals surface area contributed by atoms with E-state index in [0.717, 1.165) is 35.7 Å². The highest BCUT2D eigenvalue weighted by Gasteiger charge is 2.47. The molecule has 10 heteroatoms. The number of sulfonamides is 1. The van der Waals surface area contributed by atoms with Crippen LogP contribution in [-0.4, -0.2) is 37.7 Å². The van der Waals surface area contributed by atoms with Crippen LogP contribution in [-0.2, 0) is 27.8 Å². The molecule has 2 aromatic carbocycles. The third kappa shape index (κ3) is 4.77. The Kier molecular flexibility index (Phi) is 6.61. The first kappa shape index (κ1) is 25.1. The summed E-state index contributed by atoms with van der Waals surface area (Å²) < 4.78 is 62.1. The van der Waals surface area contributed by atoms with Crippen molar-refractivity contribution in [3.8, 4) is 5.88 Å². The van der Waals surface area contributed by atoms with E-state index in [1.54, 1.807) is 23.2 Å². The Morgan fingerprint density at radius 3 is 2.62 bits per heavy atom.